The van der Waals surface area contributed by atoms with Crippen molar-refractivity contribution in [1.29, 1.82) is 0 Å². The molecule has 2 bridgehead atoms. The van der Waals surface area contributed by atoms with E-state index in [0.717, 1.165) is 36.6 Å². The van der Waals surface area contributed by atoms with E-state index in [2.05, 4.69) is 35.8 Å². The fraction of sp³-hybridized carbons (Fsp3) is 0.654. The van der Waals surface area contributed by atoms with Crippen LogP contribution in [0.2, 0.25) is 0 Å². The largest absolute Gasteiger partial charge is 0.459 e. The fourth-order valence-corrected chi connectivity index (χ4v) is 5.54. The normalized spacial score (nSPS) is 31.8. The summed E-state index contributed by atoms with van der Waals surface area (Å²) >= 11 is 6.84. The summed E-state index contributed by atoms with van der Waals surface area (Å²) in [6.07, 6.45) is 12.7. The van der Waals surface area contributed by atoms with Crippen LogP contribution in [0.3, 0.4) is 0 Å². The number of ether oxygens (including phenoxy) is 3. The number of fused-ring (bicyclic) bond motifs is 2. The summed E-state index contributed by atoms with van der Waals surface area (Å²) in [4.78, 5) is 37.5. The van der Waals surface area contributed by atoms with E-state index in [1.807, 2.05) is 13.0 Å². The lowest BCUT2D eigenvalue weighted by molar-refractivity contribution is -0.281. The average Bonchev–Trinajstić information content (AvgIpc) is 3.26. The number of rotatable bonds is 5. The molecule has 3 heterocycles. The molecule has 0 aromatic heterocycles. The van der Waals surface area contributed by atoms with Gasteiger partial charge in [-0.3, -0.25) is 4.79 Å². The zero-order chi connectivity index (χ0) is 26.0. The third-order valence-electron chi connectivity index (χ3n) is 6.44. The average molecular weight is 541 g/mol. The first-order valence-corrected chi connectivity index (χ1v) is 14.2. The molecule has 2 amide bonds. The number of hydrogen-bond acceptors (Lipinski definition) is 7. The van der Waals surface area contributed by atoms with Crippen LogP contribution in [0.5, 0.6) is 0 Å². The second-order valence-electron chi connectivity index (χ2n) is 9.60. The number of allylic oxidation sites excluding steroid dienone is 5. The van der Waals surface area contributed by atoms with Crippen molar-refractivity contribution < 1.29 is 28.6 Å². The van der Waals surface area contributed by atoms with Gasteiger partial charge in [0.05, 0.1) is 12.5 Å². The minimum absolute atomic E-state index is 0.134. The van der Waals surface area contributed by atoms with Crippen molar-refractivity contribution in [3.63, 3.8) is 0 Å². The highest BCUT2D eigenvalue weighted by atomic mass is 35.5. The quantitative estimate of drug-likeness (QED) is 0.280. The van der Waals surface area contributed by atoms with Crippen LogP contribution >= 0.6 is 23.4 Å². The molecule has 10 heteroatoms. The number of halogens is 1. The number of thioether (sulfide) groups is 1. The second-order valence-corrected chi connectivity index (χ2v) is 11.0. The van der Waals surface area contributed by atoms with Crippen LogP contribution in [0, 0.1) is 5.92 Å². The third kappa shape index (κ3) is 8.85. The standard InChI is InChI=1S/C26H37ClN2O6S/c1-18-8-5-3-4-6-9-19(2)14-23(30)33-21-15-20(11-10-18)34-26(16-21,22-17-36-25(32)29-22)35-24(31)28-13-7-12-27/h3-5,8,14,18,20-22H,6-7,9-13,15-17H2,1-2H3,(H,28,31)(H,29,32). The number of nitrogens with one attached hydrogen (secondary N) is 2. The predicted octanol–water partition coefficient (Wildman–Crippen LogP) is 5.22. The maximum Gasteiger partial charge on any atom is 0.409 e. The van der Waals surface area contributed by atoms with Gasteiger partial charge in [-0.15, -0.1) is 11.6 Å². The van der Waals surface area contributed by atoms with E-state index in [1.165, 1.54) is 6.08 Å². The summed E-state index contributed by atoms with van der Waals surface area (Å²) in [5, 5.41) is 5.37. The minimum atomic E-state index is -1.45. The molecule has 0 aliphatic carbocycles. The smallest absolute Gasteiger partial charge is 0.409 e. The van der Waals surface area contributed by atoms with E-state index in [9.17, 15) is 14.4 Å². The Balaban J connectivity index is 1.87. The molecule has 2 N–H and O–H groups in total. The van der Waals surface area contributed by atoms with E-state index in [-0.39, 0.29) is 17.8 Å². The molecule has 2 saturated heterocycles. The van der Waals surface area contributed by atoms with Gasteiger partial charge in [-0.05, 0) is 44.9 Å². The van der Waals surface area contributed by atoms with Gasteiger partial charge in [0, 0.05) is 30.7 Å². The van der Waals surface area contributed by atoms with Gasteiger partial charge in [0.15, 0.2) is 0 Å². The predicted molar refractivity (Wildman–Crippen MR) is 141 cm³/mol. The van der Waals surface area contributed by atoms with Crippen molar-refractivity contribution >= 4 is 40.7 Å². The fourth-order valence-electron chi connectivity index (χ4n) is 4.53. The Bertz CT molecular complexity index is 878. The van der Waals surface area contributed by atoms with Crippen molar-refractivity contribution in [2.24, 2.45) is 5.92 Å². The van der Waals surface area contributed by atoms with Gasteiger partial charge in [0.2, 0.25) is 5.79 Å². The van der Waals surface area contributed by atoms with Crippen LogP contribution in [0.15, 0.2) is 36.0 Å². The summed E-state index contributed by atoms with van der Waals surface area (Å²) < 4.78 is 18.3. The molecule has 3 rings (SSSR count). The lowest BCUT2D eigenvalue weighted by Gasteiger charge is -2.46. The first-order chi connectivity index (χ1) is 17.3. The Morgan fingerprint density at radius 3 is 2.89 bits per heavy atom. The maximum absolute atomic E-state index is 12.7. The van der Waals surface area contributed by atoms with E-state index >= 15 is 0 Å². The van der Waals surface area contributed by atoms with Crippen molar-refractivity contribution in [2.75, 3.05) is 18.2 Å². The van der Waals surface area contributed by atoms with Gasteiger partial charge in [0.25, 0.3) is 5.24 Å². The minimum Gasteiger partial charge on any atom is -0.459 e. The molecule has 0 spiro atoms. The van der Waals surface area contributed by atoms with Crippen molar-refractivity contribution in [2.45, 2.75) is 82.8 Å². The van der Waals surface area contributed by atoms with Gasteiger partial charge in [-0.25, -0.2) is 9.59 Å². The van der Waals surface area contributed by atoms with Crippen LogP contribution < -0.4 is 10.6 Å². The highest BCUT2D eigenvalue weighted by Gasteiger charge is 2.54. The summed E-state index contributed by atoms with van der Waals surface area (Å²) in [5.41, 5.74) is 0.929. The first kappa shape index (κ1) is 28.6. The van der Waals surface area contributed by atoms with Crippen LogP contribution in [0.25, 0.3) is 0 Å². The zero-order valence-corrected chi connectivity index (χ0v) is 22.6. The zero-order valence-electron chi connectivity index (χ0n) is 21.0. The number of alkyl halides is 1. The molecule has 5 atom stereocenters. The van der Waals surface area contributed by atoms with Crippen LogP contribution in [0.4, 0.5) is 9.59 Å². The van der Waals surface area contributed by atoms with E-state index in [0.29, 0.717) is 43.4 Å². The van der Waals surface area contributed by atoms with Crippen molar-refractivity contribution in [3.8, 4) is 0 Å². The highest BCUT2D eigenvalue weighted by Crippen LogP contribution is 2.39. The number of amides is 2. The van der Waals surface area contributed by atoms with Gasteiger partial charge in [0.1, 0.15) is 12.1 Å². The number of carbonyl (C=O) groups excluding carboxylic acids is 3. The Morgan fingerprint density at radius 2 is 2.14 bits per heavy atom. The molecule has 200 valence electrons. The van der Waals surface area contributed by atoms with Gasteiger partial charge in [-0.1, -0.05) is 48.6 Å². The molecule has 36 heavy (non-hydrogen) atoms. The molecule has 3 aliphatic heterocycles. The topological polar surface area (TPSA) is 103 Å². The molecule has 2 fully saturated rings. The van der Waals surface area contributed by atoms with Crippen LogP contribution in [-0.4, -0.2) is 59.5 Å². The Kier molecular flexibility index (Phi) is 11.2. The Hall–Kier alpha value is -1.97. The Morgan fingerprint density at radius 1 is 1.31 bits per heavy atom. The number of hydrogen-bond donors (Lipinski definition) is 2. The molecule has 0 radical (unpaired) electrons. The molecule has 8 nitrogen and oxygen atoms in total. The first-order valence-electron chi connectivity index (χ1n) is 12.6. The Labute approximate surface area is 222 Å². The van der Waals surface area contributed by atoms with Gasteiger partial charge < -0.3 is 24.8 Å². The van der Waals surface area contributed by atoms with E-state index in [4.69, 9.17) is 25.8 Å². The van der Waals surface area contributed by atoms with Crippen LogP contribution in [0.1, 0.15) is 58.8 Å². The van der Waals surface area contributed by atoms with Crippen LogP contribution in [-0.2, 0) is 19.0 Å². The van der Waals surface area contributed by atoms with Gasteiger partial charge >= 0.3 is 12.1 Å². The molecule has 0 aromatic rings. The lowest BCUT2D eigenvalue weighted by atomic mass is 9.90. The number of alkyl carbamates (subject to hydrolysis) is 1. The molecular weight excluding hydrogens is 504 g/mol. The summed E-state index contributed by atoms with van der Waals surface area (Å²) in [6.45, 7) is 4.41. The molecule has 5 unspecified atom stereocenters. The molecular formula is C26H37ClN2O6S. The highest BCUT2D eigenvalue weighted by molar-refractivity contribution is 8.14. The number of esters is 1. The molecule has 3 aliphatic rings. The van der Waals surface area contributed by atoms with Gasteiger partial charge in [-0.2, -0.15) is 0 Å². The summed E-state index contributed by atoms with van der Waals surface area (Å²) in [6, 6.07) is -0.567. The van der Waals surface area contributed by atoms with Crippen molar-refractivity contribution in [1.82, 2.24) is 10.6 Å². The summed E-state index contributed by atoms with van der Waals surface area (Å²) in [5.74, 6) is -0.776. The maximum atomic E-state index is 12.7. The van der Waals surface area contributed by atoms with E-state index < -0.39 is 30.0 Å². The monoisotopic (exact) mass is 540 g/mol. The van der Waals surface area contributed by atoms with Crippen molar-refractivity contribution in [3.05, 3.63) is 36.0 Å². The number of carbonyl (C=O) groups is 3. The second kappa shape index (κ2) is 14.1. The SMILES string of the molecule is CC1=CC(=O)OC2CC(CCC(C)C=CC=CCC1)OC(OC(=O)NCCCCl)(C1CSC(=O)N1)C2. The third-order valence-corrected chi connectivity index (χ3v) is 7.58. The van der Waals surface area contributed by atoms with E-state index in [1.54, 1.807) is 0 Å². The summed E-state index contributed by atoms with van der Waals surface area (Å²) in [7, 11) is 0. The molecule has 0 aromatic carbocycles. The molecule has 0 saturated carbocycles. The lowest BCUT2D eigenvalue weighted by Crippen LogP contribution is -2.61.